The second kappa shape index (κ2) is 7.93. The first-order valence-corrected chi connectivity index (χ1v) is 9.06. The summed E-state index contributed by atoms with van der Waals surface area (Å²) in [5, 5.41) is 9.56. The van der Waals surface area contributed by atoms with Gasteiger partial charge in [0.05, 0.1) is 10.2 Å². The molecule has 0 aliphatic carbocycles. The predicted octanol–water partition coefficient (Wildman–Crippen LogP) is 3.88. The van der Waals surface area contributed by atoms with Crippen LogP contribution in [0.4, 0.5) is 0 Å². The number of carboxylic acid groups (broad SMARTS) is 1. The molecular formula is C20H18N2O3S. The maximum absolute atomic E-state index is 12.3. The van der Waals surface area contributed by atoms with Crippen LogP contribution in [-0.2, 0) is 9.59 Å². The molecule has 1 atom stereocenters. The lowest BCUT2D eigenvalue weighted by Crippen LogP contribution is -2.27. The zero-order valence-corrected chi connectivity index (χ0v) is 15.0. The van der Waals surface area contributed by atoms with Crippen LogP contribution in [0.2, 0.25) is 0 Å². The van der Waals surface area contributed by atoms with Crippen LogP contribution in [-0.4, -0.2) is 21.6 Å². The van der Waals surface area contributed by atoms with Gasteiger partial charge in [0, 0.05) is 6.08 Å². The number of carbonyl (C=O) groups excluding carboxylic acids is 1. The molecule has 0 saturated heterocycles. The number of benzene rings is 2. The summed E-state index contributed by atoms with van der Waals surface area (Å²) in [6.45, 7) is 1.80. The number of carboxylic acids is 1. The average molecular weight is 366 g/mol. The van der Waals surface area contributed by atoms with E-state index in [0.717, 1.165) is 15.8 Å². The topological polar surface area (TPSA) is 71.7 Å². The van der Waals surface area contributed by atoms with Gasteiger partial charge in [-0.1, -0.05) is 60.7 Å². The second-order valence-corrected chi connectivity index (χ2v) is 6.69. The molecule has 0 radical (unpaired) electrons. The van der Waals surface area contributed by atoms with Crippen molar-refractivity contribution >= 4 is 39.5 Å². The molecule has 1 N–H and O–H groups in total. The first-order chi connectivity index (χ1) is 12.6. The number of para-hydroxylation sites is 1. The average Bonchev–Trinajstić information content (AvgIpc) is 2.99. The number of rotatable bonds is 5. The first kappa shape index (κ1) is 17.8. The molecule has 0 bridgehead atoms. The van der Waals surface area contributed by atoms with E-state index in [1.165, 1.54) is 17.4 Å². The zero-order valence-electron chi connectivity index (χ0n) is 14.2. The predicted molar refractivity (Wildman–Crippen MR) is 103 cm³/mol. The van der Waals surface area contributed by atoms with Gasteiger partial charge in [-0.3, -0.25) is 4.79 Å². The number of carbonyl (C=O) groups is 2. The number of fused-ring (bicyclic) bond motifs is 1. The Morgan fingerprint density at radius 1 is 1.15 bits per heavy atom. The second-order valence-electron chi connectivity index (χ2n) is 5.68. The largest absolute Gasteiger partial charge is 0.480 e. The normalized spacial score (nSPS) is 13.3. The fourth-order valence-electron chi connectivity index (χ4n) is 2.70. The highest BCUT2D eigenvalue weighted by Crippen LogP contribution is 2.22. The Kier molecular flexibility index (Phi) is 5.43. The molecule has 3 rings (SSSR count). The minimum Gasteiger partial charge on any atom is -0.480 e. The van der Waals surface area contributed by atoms with Gasteiger partial charge in [-0.2, -0.15) is 4.99 Å². The van der Waals surface area contributed by atoms with Gasteiger partial charge in [0.1, 0.15) is 6.04 Å². The lowest BCUT2D eigenvalue weighted by molar-refractivity contribution is -0.141. The van der Waals surface area contributed by atoms with Crippen molar-refractivity contribution in [3.05, 3.63) is 71.0 Å². The monoisotopic (exact) mass is 366 g/mol. The Balaban J connectivity index is 2.06. The van der Waals surface area contributed by atoms with Crippen LogP contribution in [0, 0.1) is 0 Å². The Hall–Kier alpha value is -2.99. The first-order valence-electron chi connectivity index (χ1n) is 8.25. The fraction of sp³-hybridized carbons (Fsp3) is 0.150. The van der Waals surface area contributed by atoms with E-state index in [-0.39, 0.29) is 0 Å². The summed E-state index contributed by atoms with van der Waals surface area (Å²) in [7, 11) is 0. The van der Waals surface area contributed by atoms with Crippen LogP contribution >= 0.6 is 11.3 Å². The Morgan fingerprint density at radius 3 is 2.54 bits per heavy atom. The summed E-state index contributed by atoms with van der Waals surface area (Å²) in [6, 6.07) is 16.2. The smallest absolute Gasteiger partial charge is 0.326 e. The third kappa shape index (κ3) is 3.81. The molecule has 1 amide bonds. The van der Waals surface area contributed by atoms with E-state index < -0.39 is 17.9 Å². The van der Waals surface area contributed by atoms with Crippen LogP contribution in [0.5, 0.6) is 0 Å². The van der Waals surface area contributed by atoms with Gasteiger partial charge in [0.15, 0.2) is 4.80 Å². The van der Waals surface area contributed by atoms with Crippen LogP contribution in [0.25, 0.3) is 16.3 Å². The molecule has 0 spiro atoms. The van der Waals surface area contributed by atoms with Gasteiger partial charge in [0.2, 0.25) is 0 Å². The summed E-state index contributed by atoms with van der Waals surface area (Å²) in [5.74, 6) is -1.36. The molecule has 2 aromatic carbocycles. The molecule has 0 fully saturated rings. The van der Waals surface area contributed by atoms with Crippen molar-refractivity contribution in [2.75, 3.05) is 0 Å². The quantitative estimate of drug-likeness (QED) is 0.697. The molecule has 5 nitrogen and oxygen atoms in total. The Morgan fingerprint density at radius 2 is 1.85 bits per heavy atom. The molecule has 26 heavy (non-hydrogen) atoms. The van der Waals surface area contributed by atoms with E-state index in [0.29, 0.717) is 11.2 Å². The molecule has 132 valence electrons. The van der Waals surface area contributed by atoms with Crippen molar-refractivity contribution in [1.82, 2.24) is 4.57 Å². The molecule has 0 aliphatic rings. The molecule has 6 heteroatoms. The van der Waals surface area contributed by atoms with Gasteiger partial charge < -0.3 is 9.67 Å². The van der Waals surface area contributed by atoms with E-state index in [9.17, 15) is 14.7 Å². The molecule has 1 heterocycles. The standard InChI is InChI=1S/C20H18N2O3S/c1-2-15(19(24)25)22-16-10-6-7-11-17(16)26-20(22)21-18(23)13-12-14-8-4-3-5-9-14/h3-13,15H,2H2,1H3,(H,24,25). The van der Waals surface area contributed by atoms with Crippen LogP contribution in [0.15, 0.2) is 65.7 Å². The summed E-state index contributed by atoms with van der Waals surface area (Å²) in [6.07, 6.45) is 3.49. The lowest BCUT2D eigenvalue weighted by Gasteiger charge is -2.13. The van der Waals surface area contributed by atoms with Gasteiger partial charge in [-0.25, -0.2) is 4.79 Å². The number of thiazole rings is 1. The highest BCUT2D eigenvalue weighted by molar-refractivity contribution is 7.16. The number of hydrogen-bond donors (Lipinski definition) is 1. The van der Waals surface area contributed by atoms with Crippen molar-refractivity contribution < 1.29 is 14.7 Å². The van der Waals surface area contributed by atoms with Crippen molar-refractivity contribution in [2.24, 2.45) is 4.99 Å². The zero-order chi connectivity index (χ0) is 18.5. The highest BCUT2D eigenvalue weighted by atomic mass is 32.1. The van der Waals surface area contributed by atoms with E-state index in [1.54, 1.807) is 17.6 Å². The lowest BCUT2D eigenvalue weighted by atomic mass is 10.2. The molecule has 0 saturated carbocycles. The van der Waals surface area contributed by atoms with Crippen LogP contribution < -0.4 is 4.80 Å². The van der Waals surface area contributed by atoms with Gasteiger partial charge in [-0.05, 0) is 30.2 Å². The summed E-state index contributed by atoms with van der Waals surface area (Å²) in [4.78, 5) is 28.5. The fourth-order valence-corrected chi connectivity index (χ4v) is 3.78. The number of aliphatic carboxylic acids is 1. The molecular weight excluding hydrogens is 348 g/mol. The van der Waals surface area contributed by atoms with Gasteiger partial charge in [-0.15, -0.1) is 0 Å². The third-order valence-electron chi connectivity index (χ3n) is 3.94. The minimum atomic E-state index is -0.940. The van der Waals surface area contributed by atoms with E-state index in [1.807, 2.05) is 54.6 Å². The van der Waals surface area contributed by atoms with E-state index in [2.05, 4.69) is 4.99 Å². The Labute approximate surface area is 154 Å². The van der Waals surface area contributed by atoms with Gasteiger partial charge >= 0.3 is 5.97 Å². The van der Waals surface area contributed by atoms with Crippen LogP contribution in [0.3, 0.4) is 0 Å². The Bertz CT molecular complexity index is 1030. The molecule has 3 aromatic rings. The van der Waals surface area contributed by atoms with Crippen molar-refractivity contribution in [3.8, 4) is 0 Å². The molecule has 0 aliphatic heterocycles. The number of amides is 1. The summed E-state index contributed by atoms with van der Waals surface area (Å²) >= 11 is 1.31. The molecule has 1 unspecified atom stereocenters. The molecule has 1 aromatic heterocycles. The maximum atomic E-state index is 12.3. The van der Waals surface area contributed by atoms with Crippen molar-refractivity contribution in [2.45, 2.75) is 19.4 Å². The maximum Gasteiger partial charge on any atom is 0.326 e. The highest BCUT2D eigenvalue weighted by Gasteiger charge is 2.21. The van der Waals surface area contributed by atoms with E-state index >= 15 is 0 Å². The summed E-state index contributed by atoms with van der Waals surface area (Å²) < 4.78 is 2.53. The number of hydrogen-bond acceptors (Lipinski definition) is 3. The van der Waals surface area contributed by atoms with Gasteiger partial charge in [0.25, 0.3) is 5.91 Å². The van der Waals surface area contributed by atoms with Crippen molar-refractivity contribution in [3.63, 3.8) is 0 Å². The number of nitrogens with zero attached hydrogens (tertiary/aromatic N) is 2. The van der Waals surface area contributed by atoms with Crippen LogP contribution in [0.1, 0.15) is 24.9 Å². The number of aromatic nitrogens is 1. The minimum absolute atomic E-state index is 0.392. The SMILES string of the molecule is CCC(C(=O)O)n1c(=NC(=O)C=Cc2ccccc2)sc2ccccc21. The summed E-state index contributed by atoms with van der Waals surface area (Å²) in [5.41, 5.74) is 1.67. The van der Waals surface area contributed by atoms with E-state index in [4.69, 9.17) is 0 Å². The third-order valence-corrected chi connectivity index (χ3v) is 4.98. The van der Waals surface area contributed by atoms with Crippen molar-refractivity contribution in [1.29, 1.82) is 0 Å².